The highest BCUT2D eigenvalue weighted by molar-refractivity contribution is 5.08. The lowest BCUT2D eigenvalue weighted by Gasteiger charge is -2.19. The van der Waals surface area contributed by atoms with E-state index in [0.29, 0.717) is 0 Å². The molecule has 0 spiro atoms. The monoisotopic (exact) mass is 111 g/mol. The van der Waals surface area contributed by atoms with Gasteiger partial charge < -0.3 is 5.32 Å². The molecule has 0 radical (unpaired) electrons. The van der Waals surface area contributed by atoms with Gasteiger partial charge in [0.05, 0.1) is 5.54 Å². The summed E-state index contributed by atoms with van der Waals surface area (Å²) in [6.07, 6.45) is 6.19. The maximum absolute atomic E-state index is 5.22. The molecule has 0 rings (SSSR count). The van der Waals surface area contributed by atoms with E-state index in [9.17, 15) is 0 Å². The number of rotatable bonds is 2. The third kappa shape index (κ3) is 1.55. The molecule has 0 aliphatic heterocycles. The van der Waals surface area contributed by atoms with Crippen molar-refractivity contribution in [3.8, 4) is 12.3 Å². The molecule has 0 saturated heterocycles. The van der Waals surface area contributed by atoms with Gasteiger partial charge in [-0.1, -0.05) is 12.8 Å². The zero-order chi connectivity index (χ0) is 6.62. The van der Waals surface area contributed by atoms with E-state index < -0.39 is 0 Å². The van der Waals surface area contributed by atoms with Gasteiger partial charge in [0.15, 0.2) is 0 Å². The van der Waals surface area contributed by atoms with Crippen molar-refractivity contribution in [1.29, 1.82) is 0 Å². The number of terminal acetylenes is 1. The molecule has 0 fully saturated rings. The van der Waals surface area contributed by atoms with Gasteiger partial charge in [-0.2, -0.15) is 0 Å². The average Bonchev–Trinajstić information content (AvgIpc) is 1.87. The van der Waals surface area contributed by atoms with Crippen LogP contribution in [-0.2, 0) is 0 Å². The molecule has 1 heteroatoms. The molecule has 8 heavy (non-hydrogen) atoms. The molecular formula is C7H13N. The van der Waals surface area contributed by atoms with Crippen molar-refractivity contribution in [1.82, 2.24) is 5.32 Å². The second-order valence-corrected chi connectivity index (χ2v) is 2.08. The van der Waals surface area contributed by atoms with Crippen LogP contribution in [0.2, 0.25) is 0 Å². The largest absolute Gasteiger partial charge is 0.304 e. The summed E-state index contributed by atoms with van der Waals surface area (Å²) in [5, 5.41) is 3.04. The van der Waals surface area contributed by atoms with Crippen LogP contribution in [-0.4, -0.2) is 12.6 Å². The maximum Gasteiger partial charge on any atom is 0.0764 e. The number of hydrogen-bond donors (Lipinski definition) is 1. The summed E-state index contributed by atoms with van der Waals surface area (Å²) in [5.41, 5.74) is -0.0972. The van der Waals surface area contributed by atoms with Gasteiger partial charge >= 0.3 is 0 Å². The molecule has 1 nitrogen and oxygen atoms in total. The van der Waals surface area contributed by atoms with Crippen LogP contribution in [0.4, 0.5) is 0 Å². The molecule has 1 atom stereocenters. The Labute approximate surface area is 51.5 Å². The van der Waals surface area contributed by atoms with Gasteiger partial charge in [-0.05, 0) is 20.4 Å². The smallest absolute Gasteiger partial charge is 0.0764 e. The summed E-state index contributed by atoms with van der Waals surface area (Å²) < 4.78 is 0. The lowest BCUT2D eigenvalue weighted by Crippen LogP contribution is -2.36. The fourth-order valence-electron chi connectivity index (χ4n) is 0.351. The summed E-state index contributed by atoms with van der Waals surface area (Å²) in [6, 6.07) is 0. The maximum atomic E-state index is 5.22. The third-order valence-corrected chi connectivity index (χ3v) is 1.58. The Morgan fingerprint density at radius 1 is 1.75 bits per heavy atom. The van der Waals surface area contributed by atoms with Crippen LogP contribution in [0.15, 0.2) is 0 Å². The number of nitrogens with one attached hydrogen (secondary N) is 1. The van der Waals surface area contributed by atoms with Gasteiger partial charge in [-0.15, -0.1) is 6.42 Å². The van der Waals surface area contributed by atoms with Gasteiger partial charge in [-0.25, -0.2) is 0 Å². The van der Waals surface area contributed by atoms with Crippen molar-refractivity contribution in [2.45, 2.75) is 25.8 Å². The van der Waals surface area contributed by atoms with Crippen molar-refractivity contribution < 1.29 is 0 Å². The molecule has 0 amide bonds. The Bertz CT molecular complexity index is 95.4. The van der Waals surface area contributed by atoms with Crippen LogP contribution in [0.1, 0.15) is 20.3 Å². The lowest BCUT2D eigenvalue weighted by atomic mass is 10.0. The molecule has 0 aliphatic carbocycles. The molecule has 0 heterocycles. The number of hydrogen-bond acceptors (Lipinski definition) is 1. The van der Waals surface area contributed by atoms with E-state index in [2.05, 4.69) is 18.2 Å². The third-order valence-electron chi connectivity index (χ3n) is 1.58. The summed E-state index contributed by atoms with van der Waals surface area (Å²) in [5.74, 6) is 2.67. The highest BCUT2D eigenvalue weighted by Gasteiger charge is 2.13. The second-order valence-electron chi connectivity index (χ2n) is 2.08. The van der Waals surface area contributed by atoms with Gasteiger partial charge in [0, 0.05) is 0 Å². The summed E-state index contributed by atoms with van der Waals surface area (Å²) in [7, 11) is 1.88. The van der Waals surface area contributed by atoms with Crippen LogP contribution < -0.4 is 5.32 Å². The Morgan fingerprint density at radius 2 is 2.25 bits per heavy atom. The molecule has 1 N–H and O–H groups in total. The Balaban J connectivity index is 3.83. The fraction of sp³-hybridized carbons (Fsp3) is 0.714. The minimum absolute atomic E-state index is 0.0972. The predicted molar refractivity (Wildman–Crippen MR) is 36.6 cm³/mol. The molecule has 0 aromatic carbocycles. The highest BCUT2D eigenvalue weighted by Crippen LogP contribution is 2.04. The van der Waals surface area contributed by atoms with Crippen molar-refractivity contribution in [3.05, 3.63) is 0 Å². The van der Waals surface area contributed by atoms with Crippen molar-refractivity contribution >= 4 is 0 Å². The Kier molecular flexibility index (Phi) is 2.57. The quantitative estimate of drug-likeness (QED) is 0.524. The average molecular weight is 111 g/mol. The molecular weight excluding hydrogens is 98.1 g/mol. The summed E-state index contributed by atoms with van der Waals surface area (Å²) >= 11 is 0. The van der Waals surface area contributed by atoms with Gasteiger partial charge in [0.2, 0.25) is 0 Å². The van der Waals surface area contributed by atoms with Crippen LogP contribution in [0, 0.1) is 12.3 Å². The molecule has 1 unspecified atom stereocenters. The topological polar surface area (TPSA) is 12.0 Å². The summed E-state index contributed by atoms with van der Waals surface area (Å²) in [4.78, 5) is 0. The molecule has 0 saturated carbocycles. The van der Waals surface area contributed by atoms with Gasteiger partial charge in [0.1, 0.15) is 0 Å². The first-order valence-corrected chi connectivity index (χ1v) is 2.85. The van der Waals surface area contributed by atoms with E-state index in [4.69, 9.17) is 6.42 Å². The van der Waals surface area contributed by atoms with E-state index in [0.717, 1.165) is 6.42 Å². The van der Waals surface area contributed by atoms with E-state index in [1.165, 1.54) is 0 Å². The molecule has 0 aromatic rings. The van der Waals surface area contributed by atoms with Crippen molar-refractivity contribution in [3.63, 3.8) is 0 Å². The van der Waals surface area contributed by atoms with Crippen LogP contribution in [0.5, 0.6) is 0 Å². The van der Waals surface area contributed by atoms with E-state index in [-0.39, 0.29) is 5.54 Å². The van der Waals surface area contributed by atoms with Crippen LogP contribution in [0.3, 0.4) is 0 Å². The standard InChI is InChI=1S/C7H13N/c1-5-7(3,6-2)8-4/h1,8H,6H2,2-4H3. The Hall–Kier alpha value is -0.480. The van der Waals surface area contributed by atoms with E-state index in [1.54, 1.807) is 0 Å². The van der Waals surface area contributed by atoms with Gasteiger partial charge in [0.25, 0.3) is 0 Å². The summed E-state index contributed by atoms with van der Waals surface area (Å²) in [6.45, 7) is 4.07. The van der Waals surface area contributed by atoms with E-state index in [1.807, 2.05) is 14.0 Å². The molecule has 0 aliphatic rings. The minimum atomic E-state index is -0.0972. The zero-order valence-corrected chi connectivity index (χ0v) is 5.78. The molecule has 0 bridgehead atoms. The zero-order valence-electron chi connectivity index (χ0n) is 5.78. The fourth-order valence-corrected chi connectivity index (χ4v) is 0.351. The highest BCUT2D eigenvalue weighted by atomic mass is 14.9. The first-order valence-electron chi connectivity index (χ1n) is 2.85. The SMILES string of the molecule is C#CC(C)(CC)NC. The van der Waals surface area contributed by atoms with E-state index >= 15 is 0 Å². The molecule has 46 valence electrons. The van der Waals surface area contributed by atoms with Crippen molar-refractivity contribution in [2.75, 3.05) is 7.05 Å². The lowest BCUT2D eigenvalue weighted by molar-refractivity contribution is 0.482. The normalized spacial score (nSPS) is 16.8. The molecule has 0 aromatic heterocycles. The first kappa shape index (κ1) is 7.52. The van der Waals surface area contributed by atoms with Crippen LogP contribution in [0.25, 0.3) is 0 Å². The second kappa shape index (κ2) is 2.74. The minimum Gasteiger partial charge on any atom is -0.304 e. The predicted octanol–water partition coefficient (Wildman–Crippen LogP) is 1.01. The van der Waals surface area contributed by atoms with Crippen molar-refractivity contribution in [2.24, 2.45) is 0 Å². The van der Waals surface area contributed by atoms with Crippen LogP contribution >= 0.6 is 0 Å². The van der Waals surface area contributed by atoms with Gasteiger partial charge in [-0.3, -0.25) is 0 Å². The first-order chi connectivity index (χ1) is 3.68. The Morgan fingerprint density at radius 3 is 2.25 bits per heavy atom.